The average Bonchev–Trinajstić information content (AvgIpc) is 2.28. The van der Waals surface area contributed by atoms with Crippen LogP contribution in [0.5, 0.6) is 0 Å². The molecule has 0 spiro atoms. The summed E-state index contributed by atoms with van der Waals surface area (Å²) in [6, 6.07) is 11.9. The summed E-state index contributed by atoms with van der Waals surface area (Å²) in [5.41, 5.74) is 0. The van der Waals surface area contributed by atoms with Crippen LogP contribution in [0.2, 0.25) is 15.3 Å². The van der Waals surface area contributed by atoms with E-state index in [1.807, 2.05) is 4.40 Å². The van der Waals surface area contributed by atoms with E-state index in [1.54, 1.807) is 5.25 Å². The number of benzene rings is 1. The molecule has 0 amide bonds. The number of hydrogen-bond donors (Lipinski definition) is 0. The van der Waals surface area contributed by atoms with Gasteiger partial charge in [0.1, 0.15) is 0 Å². The molecule has 1 atom stereocenters. The van der Waals surface area contributed by atoms with E-state index in [1.165, 1.54) is 0 Å². The molecule has 1 unspecified atom stereocenters. The van der Waals surface area contributed by atoms with Crippen LogP contribution in [0.1, 0.15) is 27.7 Å². The Morgan fingerprint density at radius 2 is 1.71 bits per heavy atom. The SMILES string of the molecule is C[CH2][GeH2][Ge]([GeH2][CH3])([GeH2][C](C)(C)C)[c]1ccccc1. The molecule has 0 radical (unpaired) electrons. The van der Waals surface area contributed by atoms with Crippen LogP contribution >= 0.6 is 0 Å². The molecule has 0 N–H and O–H groups in total. The predicted octanol–water partition coefficient (Wildman–Crippen LogP) is 1.04. The van der Waals surface area contributed by atoms with E-state index in [9.17, 15) is 0 Å². The van der Waals surface area contributed by atoms with Crippen LogP contribution in [0.3, 0.4) is 0 Å². The molecule has 0 aliphatic heterocycles. The molecule has 0 saturated carbocycles. The fraction of sp³-hybridized carbons (Fsp3) is 0.538. The van der Waals surface area contributed by atoms with Crippen molar-refractivity contribution in [2.45, 2.75) is 43.0 Å². The summed E-state index contributed by atoms with van der Waals surface area (Å²) in [6.07, 6.45) is 0. The van der Waals surface area contributed by atoms with Gasteiger partial charge in [-0.2, -0.15) is 0 Å². The Kier molecular flexibility index (Phi) is 7.01. The van der Waals surface area contributed by atoms with Crippen molar-refractivity contribution in [3.05, 3.63) is 30.3 Å². The van der Waals surface area contributed by atoms with E-state index in [-0.39, 0.29) is 40.4 Å². The molecule has 1 aromatic rings. The van der Waals surface area contributed by atoms with Crippen LogP contribution < -0.4 is 4.40 Å². The van der Waals surface area contributed by atoms with E-state index >= 15 is 0 Å². The van der Waals surface area contributed by atoms with Crippen molar-refractivity contribution in [2.24, 2.45) is 0 Å². The van der Waals surface area contributed by atoms with Crippen molar-refractivity contribution in [2.75, 3.05) is 0 Å². The van der Waals surface area contributed by atoms with Crippen molar-refractivity contribution in [3.63, 3.8) is 0 Å². The summed E-state index contributed by atoms with van der Waals surface area (Å²) in [5.74, 6) is 2.71. The summed E-state index contributed by atoms with van der Waals surface area (Å²) in [6.45, 7) is 10.1. The van der Waals surface area contributed by atoms with Gasteiger partial charge < -0.3 is 0 Å². The molecule has 0 bridgehead atoms. The molecule has 0 fully saturated rings. The van der Waals surface area contributed by atoms with Gasteiger partial charge in [-0.1, -0.05) is 0 Å². The maximum atomic E-state index is 2.71. The first-order valence-corrected chi connectivity index (χ1v) is 42.2. The Bertz CT molecular complexity index is 331. The van der Waals surface area contributed by atoms with Gasteiger partial charge in [0.05, 0.1) is 0 Å². The molecule has 96 valence electrons. The fourth-order valence-corrected chi connectivity index (χ4v) is 243. The van der Waals surface area contributed by atoms with Crippen LogP contribution in [0.4, 0.5) is 0 Å². The van der Waals surface area contributed by atoms with Gasteiger partial charge in [-0.15, -0.1) is 0 Å². The summed E-state index contributed by atoms with van der Waals surface area (Å²) >= 11 is -0.634. The van der Waals surface area contributed by atoms with Crippen LogP contribution in [-0.2, 0) is 0 Å². The van der Waals surface area contributed by atoms with Gasteiger partial charge in [-0.25, -0.2) is 0 Å². The number of hydrogen-bond acceptors (Lipinski definition) is 0. The van der Waals surface area contributed by atoms with Crippen LogP contribution in [-0.4, -0.2) is 47.8 Å². The van der Waals surface area contributed by atoms with Gasteiger partial charge in [-0.3, -0.25) is 0 Å². The van der Waals surface area contributed by atoms with Crippen molar-refractivity contribution < 1.29 is 0 Å². The van der Waals surface area contributed by atoms with Gasteiger partial charge >= 0.3 is 125 Å². The monoisotopic (exact) mass is 480 g/mol. The topological polar surface area (TPSA) is 0 Å². The van der Waals surface area contributed by atoms with Crippen molar-refractivity contribution in [1.29, 1.82) is 0 Å². The molecule has 0 aliphatic rings. The maximum absolute atomic E-state index is 2.71. The summed E-state index contributed by atoms with van der Waals surface area (Å²) in [4.78, 5) is 0. The van der Waals surface area contributed by atoms with Crippen LogP contribution in [0.25, 0.3) is 0 Å². The molecule has 4 heteroatoms. The Labute approximate surface area is 124 Å². The van der Waals surface area contributed by atoms with Gasteiger partial charge in [0, 0.05) is 0 Å². The number of rotatable bonds is 5. The average molecular weight is 475 g/mol. The third-order valence-corrected chi connectivity index (χ3v) is 204. The Morgan fingerprint density at radius 3 is 2.12 bits per heavy atom. The van der Waals surface area contributed by atoms with E-state index in [0.717, 1.165) is 4.25 Å². The molecule has 0 aliphatic carbocycles. The second-order valence-electron chi connectivity index (χ2n) is 6.49. The molecule has 0 heterocycles. The van der Waals surface area contributed by atoms with Crippen LogP contribution in [0.15, 0.2) is 30.3 Å². The fourth-order valence-electron chi connectivity index (χ4n) is 3.13. The molecular weight excluding hydrogens is 447 g/mol. The van der Waals surface area contributed by atoms with E-state index in [4.69, 9.17) is 0 Å². The van der Waals surface area contributed by atoms with Gasteiger partial charge in [0.2, 0.25) is 0 Å². The van der Waals surface area contributed by atoms with E-state index in [0.29, 0.717) is 0 Å². The summed E-state index contributed by atoms with van der Waals surface area (Å²) in [7, 11) is -1.30. The Hall–Kier alpha value is 1.39. The summed E-state index contributed by atoms with van der Waals surface area (Å²) in [5, 5.41) is 1.63. The van der Waals surface area contributed by atoms with E-state index < -0.39 is 7.36 Å². The third kappa shape index (κ3) is 5.11. The van der Waals surface area contributed by atoms with Crippen molar-refractivity contribution in [1.82, 2.24) is 0 Å². The van der Waals surface area contributed by atoms with Crippen molar-refractivity contribution in [3.8, 4) is 0 Å². The van der Waals surface area contributed by atoms with Gasteiger partial charge in [0.15, 0.2) is 0 Å². The minimum atomic E-state index is -1.30. The van der Waals surface area contributed by atoms with Gasteiger partial charge in [0.25, 0.3) is 0 Å². The molecule has 0 nitrogen and oxygen atoms in total. The molecule has 1 aromatic carbocycles. The zero-order valence-electron chi connectivity index (χ0n) is 12.2. The Morgan fingerprint density at radius 1 is 1.12 bits per heavy atom. The quantitative estimate of drug-likeness (QED) is 0.560. The van der Waals surface area contributed by atoms with Gasteiger partial charge in [-0.05, 0) is 0 Å². The first-order chi connectivity index (χ1) is 7.93. The first-order valence-electron chi connectivity index (χ1n) is 6.99. The second-order valence-corrected chi connectivity index (χ2v) is 153. The third-order valence-electron chi connectivity index (χ3n) is 3.66. The molecule has 0 aromatic heterocycles. The molecule has 17 heavy (non-hydrogen) atoms. The standard InChI is InChI=1S/C13H28Ge4/c1-6-15-17(14-5,16-13(2,3)4)12-10-8-7-9-11-12/h7-11H,6,14-16H2,1-5H3. The Balaban J connectivity index is 3.09. The van der Waals surface area contributed by atoms with Crippen molar-refractivity contribution >= 4 is 52.1 Å². The van der Waals surface area contributed by atoms with Crippen LogP contribution in [0, 0.1) is 0 Å². The predicted molar refractivity (Wildman–Crippen MR) is 93.5 cm³/mol. The zero-order chi connectivity index (χ0) is 12.9. The first kappa shape index (κ1) is 16.4. The summed E-state index contributed by atoms with van der Waals surface area (Å²) < 4.78 is 2.72. The molecular formula is C13H28Ge4. The molecule has 1 rings (SSSR count). The molecule has 0 saturated heterocycles. The minimum absolute atomic E-state index is 0.166. The normalized spacial score (nSPS) is 17.7. The zero-order valence-corrected chi connectivity index (χ0v) is 23.2. The van der Waals surface area contributed by atoms with E-state index in [2.05, 4.69) is 63.8 Å². The second kappa shape index (κ2) is 7.25.